The van der Waals surface area contributed by atoms with E-state index in [1.807, 2.05) is 0 Å². The molecule has 5 heteroatoms. The molecule has 0 aromatic carbocycles. The van der Waals surface area contributed by atoms with Crippen LogP contribution in [0.1, 0.15) is 142 Å². The van der Waals surface area contributed by atoms with Gasteiger partial charge in [-0.1, -0.05) is 129 Å². The first-order valence-electron chi connectivity index (χ1n) is 13.9. The lowest BCUT2D eigenvalue weighted by atomic mass is 10.0. The maximum absolute atomic E-state index is 11.7. The van der Waals surface area contributed by atoms with E-state index in [9.17, 15) is 14.7 Å². The third-order valence-electron chi connectivity index (χ3n) is 6.29. The highest BCUT2D eigenvalue weighted by Gasteiger charge is 2.23. The zero-order valence-electron chi connectivity index (χ0n) is 21.7. The zero-order chi connectivity index (χ0) is 24.6. The predicted octanol–water partition coefficient (Wildman–Crippen LogP) is 7.31. The zero-order valence-corrected chi connectivity index (χ0v) is 21.7. The third-order valence-corrected chi connectivity index (χ3v) is 6.29. The van der Waals surface area contributed by atoms with Crippen LogP contribution in [0, 0.1) is 0 Å². The van der Waals surface area contributed by atoms with Crippen LogP contribution in [0.15, 0.2) is 12.2 Å². The van der Waals surface area contributed by atoms with Gasteiger partial charge in [0.2, 0.25) is 5.91 Å². The van der Waals surface area contributed by atoms with Gasteiger partial charge in [-0.3, -0.25) is 4.79 Å². The van der Waals surface area contributed by atoms with Crippen molar-refractivity contribution in [2.75, 3.05) is 0 Å². The highest BCUT2D eigenvalue weighted by Crippen LogP contribution is 2.14. The number of hydrogen-bond donors (Lipinski definition) is 3. The van der Waals surface area contributed by atoms with Crippen molar-refractivity contribution in [3.8, 4) is 0 Å². The molecule has 0 aromatic rings. The number of hydrogen-bond acceptors (Lipinski definition) is 3. The first-order chi connectivity index (χ1) is 16.0. The summed E-state index contributed by atoms with van der Waals surface area (Å²) in [5.74, 6) is -1.70. The van der Waals surface area contributed by atoms with Crippen LogP contribution < -0.4 is 5.32 Å². The number of aliphatic carboxylic acids is 1. The van der Waals surface area contributed by atoms with Gasteiger partial charge in [0, 0.05) is 0 Å². The summed E-state index contributed by atoms with van der Waals surface area (Å²) in [5, 5.41) is 20.6. The molecule has 0 aliphatic heterocycles. The number of amides is 1. The van der Waals surface area contributed by atoms with E-state index in [4.69, 9.17) is 5.11 Å². The topological polar surface area (TPSA) is 86.6 Å². The summed E-state index contributed by atoms with van der Waals surface area (Å²) in [6.45, 7) is 3.63. The second-order valence-corrected chi connectivity index (χ2v) is 9.62. The van der Waals surface area contributed by atoms with E-state index in [1.54, 1.807) is 6.08 Å². The Morgan fingerprint density at radius 3 is 1.39 bits per heavy atom. The van der Waals surface area contributed by atoms with E-state index in [1.165, 1.54) is 122 Å². The highest BCUT2D eigenvalue weighted by atomic mass is 16.4. The fourth-order valence-corrected chi connectivity index (χ4v) is 4.12. The molecule has 0 bridgehead atoms. The molecule has 0 saturated heterocycles. The largest absolute Gasteiger partial charge is 0.480 e. The van der Waals surface area contributed by atoms with Crippen LogP contribution in [-0.2, 0) is 9.59 Å². The van der Waals surface area contributed by atoms with Crippen LogP contribution in [0.5, 0.6) is 0 Å². The molecule has 0 radical (unpaired) electrons. The molecule has 5 nitrogen and oxygen atoms in total. The molecule has 0 spiro atoms. The maximum atomic E-state index is 11.7. The second kappa shape index (κ2) is 23.8. The van der Waals surface area contributed by atoms with E-state index in [-0.39, 0.29) is 0 Å². The number of unbranched alkanes of at least 4 members (excludes halogenated alkanes) is 19. The van der Waals surface area contributed by atoms with Crippen LogP contribution in [0.25, 0.3) is 0 Å². The van der Waals surface area contributed by atoms with Gasteiger partial charge >= 0.3 is 5.97 Å². The molecule has 0 fully saturated rings. The average Bonchev–Trinajstić information content (AvgIpc) is 2.78. The predicted molar refractivity (Wildman–Crippen MR) is 138 cm³/mol. The fourth-order valence-electron chi connectivity index (χ4n) is 4.12. The van der Waals surface area contributed by atoms with Gasteiger partial charge in [-0.05, 0) is 25.8 Å². The Hall–Kier alpha value is -1.36. The molecular formula is C28H53NO4. The van der Waals surface area contributed by atoms with Crippen molar-refractivity contribution in [2.24, 2.45) is 0 Å². The highest BCUT2D eigenvalue weighted by molar-refractivity contribution is 5.91. The molecule has 3 N–H and O–H groups in total. The van der Waals surface area contributed by atoms with E-state index in [0.717, 1.165) is 19.3 Å². The summed E-state index contributed by atoms with van der Waals surface area (Å²) in [6.07, 6.45) is 28.6. The minimum Gasteiger partial charge on any atom is -0.480 e. The Balaban J connectivity index is 3.33. The number of carbonyl (C=O) groups excluding carboxylic acids is 1. The average molecular weight is 468 g/mol. The number of rotatable bonds is 24. The minimum absolute atomic E-state index is 0.471. The van der Waals surface area contributed by atoms with Gasteiger partial charge in [0.15, 0.2) is 6.04 Å². The number of aliphatic hydroxyl groups is 1. The van der Waals surface area contributed by atoms with Gasteiger partial charge in [0.05, 0.1) is 6.10 Å². The fraction of sp³-hybridized carbons (Fsp3) is 0.857. The number of carboxylic acid groups (broad SMARTS) is 1. The van der Waals surface area contributed by atoms with Crippen LogP contribution in [0.3, 0.4) is 0 Å². The minimum atomic E-state index is -1.27. The quantitative estimate of drug-likeness (QED) is 0.103. The molecule has 33 heavy (non-hydrogen) atoms. The summed E-state index contributed by atoms with van der Waals surface area (Å²) >= 11 is 0. The van der Waals surface area contributed by atoms with Crippen molar-refractivity contribution in [3.05, 3.63) is 12.2 Å². The molecular weight excluding hydrogens is 414 g/mol. The van der Waals surface area contributed by atoms with E-state index >= 15 is 0 Å². The van der Waals surface area contributed by atoms with Crippen molar-refractivity contribution in [2.45, 2.75) is 154 Å². The third kappa shape index (κ3) is 22.2. The van der Waals surface area contributed by atoms with Crippen LogP contribution in [-0.4, -0.2) is 34.2 Å². The van der Waals surface area contributed by atoms with Crippen molar-refractivity contribution < 1.29 is 19.8 Å². The van der Waals surface area contributed by atoms with Crippen LogP contribution in [0.2, 0.25) is 0 Å². The number of aliphatic hydroxyl groups excluding tert-OH is 1. The van der Waals surface area contributed by atoms with Gasteiger partial charge in [-0.2, -0.15) is 0 Å². The van der Waals surface area contributed by atoms with Crippen molar-refractivity contribution in [1.82, 2.24) is 5.32 Å². The van der Waals surface area contributed by atoms with Crippen molar-refractivity contribution in [1.29, 1.82) is 0 Å². The molecule has 0 aromatic heterocycles. The van der Waals surface area contributed by atoms with E-state index in [2.05, 4.69) is 12.2 Å². The SMILES string of the molecule is CCCCCCCCCCCCCCCCCCCCC/C=C/C(=O)N[C@H](C(=O)O)C(C)O. The molecule has 0 saturated carbocycles. The first kappa shape index (κ1) is 31.6. The molecule has 194 valence electrons. The number of allylic oxidation sites excluding steroid dienone is 1. The van der Waals surface area contributed by atoms with Gasteiger partial charge in [0.1, 0.15) is 0 Å². The normalized spacial score (nSPS) is 13.3. The van der Waals surface area contributed by atoms with Gasteiger partial charge in [-0.25, -0.2) is 4.79 Å². The summed E-state index contributed by atoms with van der Waals surface area (Å²) < 4.78 is 0. The second-order valence-electron chi connectivity index (χ2n) is 9.62. The maximum Gasteiger partial charge on any atom is 0.328 e. The lowest BCUT2D eigenvalue weighted by molar-refractivity contribution is -0.144. The smallest absolute Gasteiger partial charge is 0.328 e. The Morgan fingerprint density at radius 1 is 0.697 bits per heavy atom. The Morgan fingerprint density at radius 2 is 1.06 bits per heavy atom. The van der Waals surface area contributed by atoms with E-state index < -0.39 is 24.0 Å². The first-order valence-corrected chi connectivity index (χ1v) is 13.9. The molecule has 0 rings (SSSR count). The molecule has 1 unspecified atom stereocenters. The Labute approximate surface area is 203 Å². The summed E-state index contributed by atoms with van der Waals surface area (Å²) in [7, 11) is 0. The number of carbonyl (C=O) groups is 2. The Kier molecular flexibility index (Phi) is 22.8. The van der Waals surface area contributed by atoms with Crippen molar-refractivity contribution in [3.63, 3.8) is 0 Å². The summed E-state index contributed by atoms with van der Waals surface area (Å²) in [6, 6.07) is -1.27. The van der Waals surface area contributed by atoms with Crippen LogP contribution in [0.4, 0.5) is 0 Å². The van der Waals surface area contributed by atoms with E-state index in [0.29, 0.717) is 0 Å². The standard InChI is InChI=1S/C28H53NO4/c1-3-4-5-6-7-8-9-10-11-12-13-14-15-16-17-18-19-20-21-22-23-24-26(31)29-27(25(2)30)28(32)33/h23-25,27,30H,3-22H2,1-2H3,(H,29,31)(H,32,33)/b24-23+/t25?,27-/m0/s1. The molecule has 0 aliphatic rings. The number of carboxylic acids is 1. The van der Waals surface area contributed by atoms with Gasteiger partial charge < -0.3 is 15.5 Å². The lowest BCUT2D eigenvalue weighted by Gasteiger charge is -2.15. The van der Waals surface area contributed by atoms with Gasteiger partial charge in [-0.15, -0.1) is 0 Å². The number of nitrogens with one attached hydrogen (secondary N) is 1. The summed E-state index contributed by atoms with van der Waals surface area (Å²) in [5.41, 5.74) is 0. The summed E-state index contributed by atoms with van der Waals surface area (Å²) in [4.78, 5) is 22.6. The Bertz CT molecular complexity index is 490. The van der Waals surface area contributed by atoms with Gasteiger partial charge in [0.25, 0.3) is 0 Å². The molecule has 0 aliphatic carbocycles. The monoisotopic (exact) mass is 467 g/mol. The molecule has 2 atom stereocenters. The molecule has 0 heterocycles. The molecule has 1 amide bonds. The van der Waals surface area contributed by atoms with Crippen molar-refractivity contribution >= 4 is 11.9 Å². The van der Waals surface area contributed by atoms with Crippen LogP contribution >= 0.6 is 0 Å². The lowest BCUT2D eigenvalue weighted by Crippen LogP contribution is -2.47.